The zero-order valence-corrected chi connectivity index (χ0v) is 23.7. The van der Waals surface area contributed by atoms with Gasteiger partial charge in [0.2, 0.25) is 11.8 Å². The molecule has 0 radical (unpaired) electrons. The Morgan fingerprint density at radius 3 is 1.75 bits per heavy atom. The van der Waals surface area contributed by atoms with Gasteiger partial charge in [-0.2, -0.15) is 26.9 Å². The van der Waals surface area contributed by atoms with Crippen LogP contribution in [0.15, 0.2) is 97.1 Å². The Bertz CT molecular complexity index is 1890. The summed E-state index contributed by atoms with van der Waals surface area (Å²) in [5, 5.41) is 14.6. The molecule has 44 heavy (non-hydrogen) atoms. The molecule has 0 saturated heterocycles. The van der Waals surface area contributed by atoms with Crippen LogP contribution in [0.5, 0.6) is 5.75 Å². The third-order valence-electron chi connectivity index (χ3n) is 7.20. The van der Waals surface area contributed by atoms with Crippen molar-refractivity contribution in [2.75, 3.05) is 10.6 Å². The molecule has 12 heteroatoms. The zero-order valence-electron chi connectivity index (χ0n) is 22.8. The highest BCUT2D eigenvalue weighted by molar-refractivity contribution is 7.88. The summed E-state index contributed by atoms with van der Waals surface area (Å²) in [4.78, 5) is 24.4. The van der Waals surface area contributed by atoms with Crippen molar-refractivity contribution in [1.29, 1.82) is 5.26 Å². The Hall–Kier alpha value is -5.15. The Morgan fingerprint density at radius 1 is 0.727 bits per heavy atom. The summed E-state index contributed by atoms with van der Waals surface area (Å²) in [5.41, 5.74) is -0.103. The molecule has 0 aliphatic carbocycles. The molecule has 2 aliphatic heterocycles. The van der Waals surface area contributed by atoms with Gasteiger partial charge in [0.15, 0.2) is 0 Å². The van der Waals surface area contributed by atoms with Crippen LogP contribution in [0.2, 0.25) is 0 Å². The molecule has 224 valence electrons. The van der Waals surface area contributed by atoms with E-state index in [2.05, 4.69) is 20.9 Å². The fourth-order valence-corrected chi connectivity index (χ4v) is 5.48. The summed E-state index contributed by atoms with van der Waals surface area (Å²) >= 11 is 0. The van der Waals surface area contributed by atoms with Crippen LogP contribution in [0.3, 0.4) is 0 Å². The van der Waals surface area contributed by atoms with E-state index in [0.717, 1.165) is 34.5 Å². The van der Waals surface area contributed by atoms with Crippen LogP contribution in [-0.2, 0) is 32.5 Å². The third kappa shape index (κ3) is 6.58. The highest BCUT2D eigenvalue weighted by Gasteiger charge is 2.48. The quantitative estimate of drug-likeness (QED) is 0.212. The second kappa shape index (κ2) is 12.2. The van der Waals surface area contributed by atoms with E-state index in [1.54, 1.807) is 24.3 Å². The minimum Gasteiger partial charge on any atom is -0.376 e. The van der Waals surface area contributed by atoms with Crippen molar-refractivity contribution in [3.05, 3.63) is 125 Å². The average Bonchev–Trinajstić information content (AvgIpc) is 3.00. The van der Waals surface area contributed by atoms with E-state index in [1.165, 1.54) is 12.1 Å². The van der Waals surface area contributed by atoms with Gasteiger partial charge in [0, 0.05) is 11.4 Å². The van der Waals surface area contributed by atoms with Crippen molar-refractivity contribution in [3.63, 3.8) is 0 Å². The Labute approximate surface area is 251 Å². The van der Waals surface area contributed by atoms with Gasteiger partial charge in [-0.3, -0.25) is 9.59 Å². The number of nitrogens with zero attached hydrogens (tertiary/aromatic N) is 1. The van der Waals surface area contributed by atoms with E-state index in [0.29, 0.717) is 29.7 Å². The number of hydrogen-bond acceptors (Lipinski definition) is 6. The SMILES string of the molecule is N#Cc1cccc(C2Cc3ccccc3NC2=O)c1.O=C1Nc2ccccc2CC1c1cccc(OS(=O)(=O)C(F)(F)F)c1. The van der Waals surface area contributed by atoms with Gasteiger partial charge in [0.1, 0.15) is 5.75 Å². The van der Waals surface area contributed by atoms with Gasteiger partial charge in [0.05, 0.1) is 23.5 Å². The number of hydrogen-bond donors (Lipinski definition) is 2. The summed E-state index contributed by atoms with van der Waals surface area (Å²) in [5.74, 6) is -1.71. The number of benzene rings is 4. The van der Waals surface area contributed by atoms with Crippen LogP contribution in [-0.4, -0.2) is 25.7 Å². The lowest BCUT2D eigenvalue weighted by Crippen LogP contribution is -2.29. The van der Waals surface area contributed by atoms with E-state index >= 15 is 0 Å². The standard InChI is InChI=1S/C16H12F3NO4S.C16H12N2O/c17-16(18,19)25(22,23)24-12-6-3-5-10(8-12)13-9-11-4-1-2-7-14(11)20-15(13)21;17-10-11-4-3-6-12(8-11)14-9-13-5-1-2-7-15(13)18-16(14)19/h1-8,13H,9H2,(H,20,21);1-8,14H,9H2,(H,18,19). The second-order valence-electron chi connectivity index (χ2n) is 10.1. The maximum atomic E-state index is 12.4. The normalized spacial score (nSPS) is 17.4. The summed E-state index contributed by atoms with van der Waals surface area (Å²) in [6.45, 7) is 0. The number of para-hydroxylation sites is 2. The maximum Gasteiger partial charge on any atom is 0.534 e. The minimum atomic E-state index is -5.76. The smallest absolute Gasteiger partial charge is 0.376 e. The number of alkyl halides is 3. The van der Waals surface area contributed by atoms with E-state index in [-0.39, 0.29) is 17.7 Å². The van der Waals surface area contributed by atoms with Crippen molar-refractivity contribution >= 4 is 33.3 Å². The molecule has 4 aromatic rings. The number of carbonyl (C=O) groups excluding carboxylic acids is 2. The predicted octanol–water partition coefficient (Wildman–Crippen LogP) is 6.03. The maximum absolute atomic E-state index is 12.4. The predicted molar refractivity (Wildman–Crippen MR) is 156 cm³/mol. The van der Waals surface area contributed by atoms with Gasteiger partial charge in [-0.05, 0) is 71.5 Å². The number of fused-ring (bicyclic) bond motifs is 2. The monoisotopic (exact) mass is 619 g/mol. The molecule has 0 fully saturated rings. The number of rotatable bonds is 4. The summed E-state index contributed by atoms with van der Waals surface area (Å²) < 4.78 is 63.6. The van der Waals surface area contributed by atoms with Gasteiger partial charge < -0.3 is 14.8 Å². The molecule has 0 spiro atoms. The largest absolute Gasteiger partial charge is 0.534 e. The third-order valence-corrected chi connectivity index (χ3v) is 8.18. The second-order valence-corrected chi connectivity index (χ2v) is 11.6. The fourth-order valence-electron chi connectivity index (χ4n) is 5.03. The van der Waals surface area contributed by atoms with E-state index in [4.69, 9.17) is 5.26 Å². The molecule has 2 N–H and O–H groups in total. The van der Waals surface area contributed by atoms with Crippen LogP contribution in [0.4, 0.5) is 24.5 Å². The van der Waals surface area contributed by atoms with Crippen molar-refractivity contribution in [3.8, 4) is 11.8 Å². The van der Waals surface area contributed by atoms with Crippen LogP contribution < -0.4 is 14.8 Å². The van der Waals surface area contributed by atoms with Gasteiger partial charge in [-0.25, -0.2) is 0 Å². The highest BCUT2D eigenvalue weighted by Crippen LogP contribution is 2.34. The minimum absolute atomic E-state index is 0.00575. The van der Waals surface area contributed by atoms with Crippen LogP contribution in [0.1, 0.15) is 39.7 Å². The van der Waals surface area contributed by atoms with Crippen LogP contribution in [0.25, 0.3) is 0 Å². The summed E-state index contributed by atoms with van der Waals surface area (Å²) in [6.07, 6.45) is 1.02. The molecule has 2 amide bonds. The van der Waals surface area contributed by atoms with Gasteiger partial charge in [-0.15, -0.1) is 0 Å². The summed E-state index contributed by atoms with van der Waals surface area (Å²) in [7, 11) is -5.76. The van der Waals surface area contributed by atoms with Crippen LogP contribution >= 0.6 is 0 Å². The Morgan fingerprint density at radius 2 is 1.23 bits per heavy atom. The molecule has 2 unspecified atom stereocenters. The van der Waals surface area contributed by atoms with Crippen molar-refractivity contribution < 1.29 is 35.4 Å². The van der Waals surface area contributed by atoms with E-state index in [9.17, 15) is 31.2 Å². The summed E-state index contributed by atoms with van der Waals surface area (Å²) in [6, 6.07) is 29.4. The molecular formula is C32H24F3N3O5S. The van der Waals surface area contributed by atoms with Crippen LogP contribution in [0, 0.1) is 11.3 Å². The Kier molecular flexibility index (Phi) is 8.42. The molecule has 2 aliphatic rings. The number of halogens is 3. The molecule has 0 bridgehead atoms. The van der Waals surface area contributed by atoms with Crippen molar-refractivity contribution in [2.45, 2.75) is 30.2 Å². The average molecular weight is 620 g/mol. The number of nitriles is 1. The molecule has 4 aromatic carbocycles. The molecular weight excluding hydrogens is 595 g/mol. The first-order chi connectivity index (χ1) is 20.9. The fraction of sp³-hybridized carbons (Fsp3) is 0.156. The van der Waals surface area contributed by atoms with Gasteiger partial charge >= 0.3 is 15.6 Å². The molecule has 2 atom stereocenters. The number of nitrogens with one attached hydrogen (secondary N) is 2. The lowest BCUT2D eigenvalue weighted by Gasteiger charge is -2.25. The molecule has 0 saturated carbocycles. The topological polar surface area (TPSA) is 125 Å². The first kappa shape index (κ1) is 30.3. The van der Waals surface area contributed by atoms with Crippen molar-refractivity contribution in [2.24, 2.45) is 0 Å². The lowest BCUT2D eigenvalue weighted by atomic mass is 9.87. The number of anilines is 2. The number of carbonyl (C=O) groups is 2. The van der Waals surface area contributed by atoms with E-state index in [1.807, 2.05) is 48.5 Å². The number of amides is 2. The van der Waals surface area contributed by atoms with Crippen molar-refractivity contribution in [1.82, 2.24) is 0 Å². The first-order valence-electron chi connectivity index (χ1n) is 13.3. The van der Waals surface area contributed by atoms with E-state index < -0.39 is 27.3 Å². The highest BCUT2D eigenvalue weighted by atomic mass is 32.2. The lowest BCUT2D eigenvalue weighted by molar-refractivity contribution is -0.118. The van der Waals surface area contributed by atoms with Gasteiger partial charge in [-0.1, -0.05) is 60.7 Å². The zero-order chi connectivity index (χ0) is 31.5. The Balaban J connectivity index is 0.000000181. The molecule has 0 aromatic heterocycles. The molecule has 6 rings (SSSR count). The first-order valence-corrected chi connectivity index (χ1v) is 14.7. The molecule has 2 heterocycles. The molecule has 8 nitrogen and oxygen atoms in total. The van der Waals surface area contributed by atoms with Gasteiger partial charge in [0.25, 0.3) is 0 Å².